The lowest BCUT2D eigenvalue weighted by Crippen LogP contribution is -2.28. The van der Waals surface area contributed by atoms with Gasteiger partial charge >= 0.3 is 5.97 Å². The van der Waals surface area contributed by atoms with Gasteiger partial charge in [0.2, 0.25) is 0 Å². The molecule has 0 aromatic carbocycles. The Morgan fingerprint density at radius 3 is 2.73 bits per heavy atom. The first-order valence-corrected chi connectivity index (χ1v) is 3.77. The van der Waals surface area contributed by atoms with Gasteiger partial charge in [-0.2, -0.15) is 0 Å². The van der Waals surface area contributed by atoms with Crippen LogP contribution in [0, 0.1) is 11.3 Å². The summed E-state index contributed by atoms with van der Waals surface area (Å²) in [5.74, 6) is 0.180. The van der Waals surface area contributed by atoms with Gasteiger partial charge in [0.05, 0.1) is 13.0 Å². The van der Waals surface area contributed by atoms with Crippen LogP contribution in [-0.4, -0.2) is 18.9 Å². The van der Waals surface area contributed by atoms with Crippen molar-refractivity contribution in [3.63, 3.8) is 0 Å². The number of methoxy groups -OCH3 is 1. The van der Waals surface area contributed by atoms with Gasteiger partial charge in [0.25, 0.3) is 0 Å². The average molecular weight is 154 g/mol. The Bertz CT molecular complexity index is 223. The zero-order chi connectivity index (χ0) is 8.06. The Morgan fingerprint density at radius 1 is 1.64 bits per heavy atom. The second-order valence-electron chi connectivity index (χ2n) is 3.53. The maximum atomic E-state index is 11.0. The highest BCUT2D eigenvalue weighted by atomic mass is 16.5. The number of carbonyl (C=O) groups is 2. The normalized spacial score (nSPS) is 31.4. The monoisotopic (exact) mass is 154 g/mol. The smallest absolute Gasteiger partial charge is 0.309 e. The third kappa shape index (κ3) is 0.800. The van der Waals surface area contributed by atoms with Gasteiger partial charge < -0.3 is 4.74 Å². The van der Waals surface area contributed by atoms with E-state index in [9.17, 15) is 9.59 Å². The minimum Gasteiger partial charge on any atom is -0.469 e. The molecule has 3 heteroatoms. The first-order chi connectivity index (χ1) is 5.18. The van der Waals surface area contributed by atoms with Crippen molar-refractivity contribution in [2.24, 2.45) is 11.3 Å². The van der Waals surface area contributed by atoms with Crippen LogP contribution < -0.4 is 0 Å². The second-order valence-corrected chi connectivity index (χ2v) is 3.53. The van der Waals surface area contributed by atoms with Gasteiger partial charge in [0.1, 0.15) is 5.78 Å². The third-order valence-electron chi connectivity index (χ3n) is 2.77. The Hall–Kier alpha value is -0.860. The van der Waals surface area contributed by atoms with Crippen molar-refractivity contribution in [2.45, 2.75) is 19.3 Å². The molecule has 1 unspecified atom stereocenters. The number of hydrogen-bond donors (Lipinski definition) is 0. The molecule has 2 aliphatic rings. The fraction of sp³-hybridized carbons (Fsp3) is 0.750. The molecular weight excluding hydrogens is 144 g/mol. The van der Waals surface area contributed by atoms with Crippen LogP contribution in [0.15, 0.2) is 0 Å². The number of carbonyl (C=O) groups excluding carboxylic acids is 2. The molecule has 0 amide bonds. The Morgan fingerprint density at radius 2 is 2.27 bits per heavy atom. The molecule has 11 heavy (non-hydrogen) atoms. The fourth-order valence-electron chi connectivity index (χ4n) is 1.95. The van der Waals surface area contributed by atoms with Crippen molar-refractivity contribution in [3.05, 3.63) is 0 Å². The van der Waals surface area contributed by atoms with E-state index >= 15 is 0 Å². The fourth-order valence-corrected chi connectivity index (χ4v) is 1.95. The summed E-state index contributed by atoms with van der Waals surface area (Å²) >= 11 is 0. The van der Waals surface area contributed by atoms with Crippen LogP contribution in [0.5, 0.6) is 0 Å². The first kappa shape index (κ1) is 6.83. The van der Waals surface area contributed by atoms with E-state index in [0.29, 0.717) is 12.8 Å². The third-order valence-corrected chi connectivity index (χ3v) is 2.77. The van der Waals surface area contributed by atoms with Gasteiger partial charge in [-0.15, -0.1) is 0 Å². The molecule has 0 radical (unpaired) electrons. The van der Waals surface area contributed by atoms with Gasteiger partial charge in [-0.05, 0) is 11.8 Å². The van der Waals surface area contributed by atoms with E-state index in [1.807, 2.05) is 0 Å². The summed E-state index contributed by atoms with van der Waals surface area (Å²) in [5, 5.41) is 0. The van der Waals surface area contributed by atoms with Crippen LogP contribution in [0.1, 0.15) is 19.3 Å². The van der Waals surface area contributed by atoms with Crippen molar-refractivity contribution >= 4 is 11.8 Å². The summed E-state index contributed by atoms with van der Waals surface area (Å²) in [7, 11) is 1.40. The summed E-state index contributed by atoms with van der Waals surface area (Å²) in [6.07, 6.45) is 2.07. The predicted octanol–water partition coefficient (Wildman–Crippen LogP) is 0.529. The minimum absolute atomic E-state index is 0.0326. The summed E-state index contributed by atoms with van der Waals surface area (Å²) in [6.45, 7) is 0. The van der Waals surface area contributed by atoms with E-state index in [0.717, 1.165) is 6.42 Å². The molecule has 1 atom stereocenters. The number of rotatable bonds is 1. The topological polar surface area (TPSA) is 43.4 Å². The molecule has 2 fully saturated rings. The minimum atomic E-state index is -0.141. The highest BCUT2D eigenvalue weighted by Crippen LogP contribution is 2.64. The van der Waals surface area contributed by atoms with E-state index in [-0.39, 0.29) is 23.1 Å². The number of hydrogen-bond acceptors (Lipinski definition) is 3. The summed E-state index contributed by atoms with van der Waals surface area (Å²) in [4.78, 5) is 21.6. The Kier molecular flexibility index (Phi) is 1.14. The highest BCUT2D eigenvalue weighted by Gasteiger charge is 2.65. The van der Waals surface area contributed by atoms with E-state index in [1.165, 1.54) is 7.11 Å². The Labute approximate surface area is 64.7 Å². The molecule has 3 nitrogen and oxygen atoms in total. The molecule has 2 rings (SSSR count). The number of Topliss-reactive ketones (excluding diaryl/α,β-unsaturated/α-hetero) is 1. The molecule has 0 aromatic heterocycles. The van der Waals surface area contributed by atoms with E-state index in [1.54, 1.807) is 0 Å². The lowest BCUT2D eigenvalue weighted by molar-refractivity contribution is -0.144. The summed E-state index contributed by atoms with van der Waals surface area (Å²) in [6, 6.07) is 0. The molecule has 0 heterocycles. The quantitative estimate of drug-likeness (QED) is 0.517. The molecule has 0 saturated heterocycles. The molecule has 60 valence electrons. The summed E-state index contributed by atoms with van der Waals surface area (Å²) < 4.78 is 4.59. The van der Waals surface area contributed by atoms with Gasteiger partial charge in [0, 0.05) is 12.8 Å². The van der Waals surface area contributed by atoms with E-state index in [4.69, 9.17) is 0 Å². The molecule has 0 N–H and O–H groups in total. The molecule has 2 aliphatic carbocycles. The molecule has 0 aromatic rings. The van der Waals surface area contributed by atoms with Crippen molar-refractivity contribution in [1.29, 1.82) is 0 Å². The molecule has 2 saturated carbocycles. The second kappa shape index (κ2) is 1.84. The molecule has 0 aliphatic heterocycles. The Balaban J connectivity index is 1.95. The van der Waals surface area contributed by atoms with Gasteiger partial charge in [-0.1, -0.05) is 0 Å². The van der Waals surface area contributed by atoms with E-state index < -0.39 is 0 Å². The highest BCUT2D eigenvalue weighted by molar-refractivity contribution is 5.91. The number of ether oxygens (including phenoxy) is 1. The lowest BCUT2D eigenvalue weighted by Gasteiger charge is -2.24. The van der Waals surface area contributed by atoms with Crippen LogP contribution >= 0.6 is 0 Å². The predicted molar refractivity (Wildman–Crippen MR) is 36.8 cm³/mol. The maximum absolute atomic E-state index is 11.0. The van der Waals surface area contributed by atoms with Gasteiger partial charge in [0.15, 0.2) is 0 Å². The first-order valence-electron chi connectivity index (χ1n) is 3.77. The largest absolute Gasteiger partial charge is 0.469 e. The average Bonchev–Trinajstić information content (AvgIpc) is 2.61. The standard InChI is InChI=1S/C8H10O3/c1-11-7(10)6-4-8(6)2-5(9)3-8/h6H,2-4H2,1H3. The van der Waals surface area contributed by atoms with Crippen LogP contribution in [0.2, 0.25) is 0 Å². The lowest BCUT2D eigenvalue weighted by atomic mass is 9.78. The zero-order valence-electron chi connectivity index (χ0n) is 6.42. The van der Waals surface area contributed by atoms with Gasteiger partial charge in [-0.3, -0.25) is 9.59 Å². The SMILES string of the molecule is COC(=O)C1CC12CC(=O)C2. The number of esters is 1. The molecule has 1 spiro atoms. The van der Waals surface area contributed by atoms with E-state index in [2.05, 4.69) is 4.74 Å². The maximum Gasteiger partial charge on any atom is 0.309 e. The van der Waals surface area contributed by atoms with Crippen molar-refractivity contribution < 1.29 is 14.3 Å². The number of ketones is 1. The van der Waals surface area contributed by atoms with Crippen LogP contribution in [0.25, 0.3) is 0 Å². The summed E-state index contributed by atoms with van der Waals surface area (Å²) in [5.41, 5.74) is 0.0597. The van der Waals surface area contributed by atoms with Crippen LogP contribution in [0.4, 0.5) is 0 Å². The van der Waals surface area contributed by atoms with Crippen LogP contribution in [-0.2, 0) is 14.3 Å². The van der Waals surface area contributed by atoms with Crippen molar-refractivity contribution in [3.8, 4) is 0 Å². The zero-order valence-corrected chi connectivity index (χ0v) is 6.42. The molecule has 0 bridgehead atoms. The van der Waals surface area contributed by atoms with Crippen molar-refractivity contribution in [1.82, 2.24) is 0 Å². The van der Waals surface area contributed by atoms with Crippen molar-refractivity contribution in [2.75, 3.05) is 7.11 Å². The van der Waals surface area contributed by atoms with Crippen LogP contribution in [0.3, 0.4) is 0 Å². The van der Waals surface area contributed by atoms with Gasteiger partial charge in [-0.25, -0.2) is 0 Å². The molecular formula is C8H10O3.